The van der Waals surface area contributed by atoms with Gasteiger partial charge in [-0.15, -0.1) is 0 Å². The van der Waals surface area contributed by atoms with E-state index in [1.807, 2.05) is 13.8 Å². The highest BCUT2D eigenvalue weighted by Gasteiger charge is 2.14. The highest BCUT2D eigenvalue weighted by molar-refractivity contribution is 5.99. The van der Waals surface area contributed by atoms with Crippen LogP contribution in [-0.4, -0.2) is 29.8 Å². The predicted octanol–water partition coefficient (Wildman–Crippen LogP) is 2.69. The molecule has 1 N–H and O–H groups in total. The summed E-state index contributed by atoms with van der Waals surface area (Å²) in [6.07, 6.45) is 1.56. The topological polar surface area (TPSA) is 62.6 Å². The molecule has 1 heterocycles. The molecule has 5 heteroatoms. The van der Waals surface area contributed by atoms with Crippen LogP contribution in [0.3, 0.4) is 0 Å². The van der Waals surface area contributed by atoms with E-state index < -0.39 is 0 Å². The molecule has 0 spiro atoms. The number of nitrogens with one attached hydrogen (secondary N) is 1. The maximum absolute atomic E-state index is 12.3. The van der Waals surface area contributed by atoms with E-state index >= 15 is 0 Å². The molecule has 0 unspecified atom stereocenters. The zero-order valence-electron chi connectivity index (χ0n) is 12.8. The van der Waals surface area contributed by atoms with E-state index in [9.17, 15) is 9.59 Å². The van der Waals surface area contributed by atoms with Crippen LogP contribution in [-0.2, 0) is 6.54 Å². The molecule has 0 radical (unpaired) electrons. The van der Waals surface area contributed by atoms with Crippen LogP contribution in [0, 0.1) is 0 Å². The maximum Gasteiger partial charge on any atom is 0.253 e. The second-order valence-corrected chi connectivity index (χ2v) is 4.82. The number of carbonyl (C=O) groups is 2. The van der Waals surface area contributed by atoms with Gasteiger partial charge in [-0.05, 0) is 44.2 Å². The molecule has 2 aromatic rings. The molecule has 0 saturated carbocycles. The van der Waals surface area contributed by atoms with Crippen molar-refractivity contribution in [3.05, 3.63) is 59.5 Å². The molecule has 0 atom stereocenters. The molecule has 1 aromatic carbocycles. The minimum Gasteiger partial charge on any atom is -0.467 e. The second-order valence-electron chi connectivity index (χ2n) is 4.82. The Labute approximate surface area is 129 Å². The summed E-state index contributed by atoms with van der Waals surface area (Å²) in [5.41, 5.74) is 0.985. The van der Waals surface area contributed by atoms with Crippen LogP contribution in [0.5, 0.6) is 0 Å². The summed E-state index contributed by atoms with van der Waals surface area (Å²) in [6.45, 7) is 5.47. The molecule has 1 aromatic heterocycles. The molecule has 5 nitrogen and oxygen atoms in total. The average molecular weight is 300 g/mol. The van der Waals surface area contributed by atoms with E-state index in [0.29, 0.717) is 36.5 Å². The van der Waals surface area contributed by atoms with Crippen molar-refractivity contribution < 1.29 is 14.0 Å². The van der Waals surface area contributed by atoms with Crippen molar-refractivity contribution in [1.29, 1.82) is 0 Å². The van der Waals surface area contributed by atoms with Gasteiger partial charge in [0.25, 0.3) is 11.8 Å². The molecular weight excluding hydrogens is 280 g/mol. The lowest BCUT2D eigenvalue weighted by Gasteiger charge is -2.18. The quantitative estimate of drug-likeness (QED) is 0.892. The van der Waals surface area contributed by atoms with E-state index in [2.05, 4.69) is 5.32 Å². The summed E-state index contributed by atoms with van der Waals surface area (Å²) in [5.74, 6) is 0.389. The standard InChI is InChI=1S/C17H20N2O3/c1-3-19(4-2)17(21)14-8-5-7-13(11-14)16(20)18-12-15-9-6-10-22-15/h5-11H,3-4,12H2,1-2H3,(H,18,20). The van der Waals surface area contributed by atoms with Crippen molar-refractivity contribution in [3.63, 3.8) is 0 Å². The monoisotopic (exact) mass is 300 g/mol. The van der Waals surface area contributed by atoms with Crippen LogP contribution in [0.15, 0.2) is 47.1 Å². The first-order valence-corrected chi connectivity index (χ1v) is 7.35. The van der Waals surface area contributed by atoms with Crippen LogP contribution in [0.1, 0.15) is 40.3 Å². The van der Waals surface area contributed by atoms with Crippen LogP contribution in [0.4, 0.5) is 0 Å². The van der Waals surface area contributed by atoms with Crippen LogP contribution >= 0.6 is 0 Å². The first-order chi connectivity index (χ1) is 10.7. The molecule has 0 aliphatic carbocycles. The Morgan fingerprint density at radius 1 is 1.09 bits per heavy atom. The average Bonchev–Trinajstić information content (AvgIpc) is 3.07. The molecule has 2 rings (SSSR count). The van der Waals surface area contributed by atoms with Crippen LogP contribution in [0.25, 0.3) is 0 Å². The lowest BCUT2D eigenvalue weighted by Crippen LogP contribution is -2.30. The van der Waals surface area contributed by atoms with Gasteiger partial charge in [0.2, 0.25) is 0 Å². The fourth-order valence-corrected chi connectivity index (χ4v) is 2.17. The summed E-state index contributed by atoms with van der Waals surface area (Å²) in [5, 5.41) is 2.77. The van der Waals surface area contributed by atoms with Crippen molar-refractivity contribution >= 4 is 11.8 Å². The summed E-state index contributed by atoms with van der Waals surface area (Å²) < 4.78 is 5.17. The van der Waals surface area contributed by atoms with Crippen molar-refractivity contribution in [3.8, 4) is 0 Å². The summed E-state index contributed by atoms with van der Waals surface area (Å²) in [4.78, 5) is 26.2. The van der Waals surface area contributed by atoms with Gasteiger partial charge < -0.3 is 14.6 Å². The number of hydrogen-bond acceptors (Lipinski definition) is 3. The minimum atomic E-state index is -0.231. The molecule has 0 aliphatic heterocycles. The lowest BCUT2D eigenvalue weighted by molar-refractivity contribution is 0.0773. The van der Waals surface area contributed by atoms with Crippen LogP contribution < -0.4 is 5.32 Å². The van der Waals surface area contributed by atoms with Gasteiger partial charge in [0.1, 0.15) is 5.76 Å². The first-order valence-electron chi connectivity index (χ1n) is 7.35. The number of nitrogens with zero attached hydrogens (tertiary/aromatic N) is 1. The molecule has 0 saturated heterocycles. The Kier molecular flexibility index (Phi) is 5.36. The van der Waals surface area contributed by atoms with Crippen molar-refractivity contribution in [2.45, 2.75) is 20.4 Å². The lowest BCUT2D eigenvalue weighted by atomic mass is 10.1. The molecule has 2 amide bonds. The first kappa shape index (κ1) is 15.8. The van der Waals surface area contributed by atoms with E-state index in [0.717, 1.165) is 0 Å². The zero-order valence-corrected chi connectivity index (χ0v) is 12.8. The van der Waals surface area contributed by atoms with Gasteiger partial charge >= 0.3 is 0 Å². The summed E-state index contributed by atoms with van der Waals surface area (Å²) in [7, 11) is 0. The number of carbonyl (C=O) groups excluding carboxylic acids is 2. The fraction of sp³-hybridized carbons (Fsp3) is 0.294. The summed E-state index contributed by atoms with van der Waals surface area (Å²) in [6, 6.07) is 10.3. The van der Waals surface area contributed by atoms with E-state index in [1.165, 1.54) is 0 Å². The Morgan fingerprint density at radius 2 is 1.82 bits per heavy atom. The molecular formula is C17H20N2O3. The Hall–Kier alpha value is -2.56. The third-order valence-electron chi connectivity index (χ3n) is 3.43. The molecule has 0 bridgehead atoms. The number of amides is 2. The normalized spacial score (nSPS) is 10.3. The van der Waals surface area contributed by atoms with Gasteiger partial charge in [-0.2, -0.15) is 0 Å². The van der Waals surface area contributed by atoms with Gasteiger partial charge in [-0.1, -0.05) is 6.07 Å². The number of furan rings is 1. The Balaban J connectivity index is 2.07. The SMILES string of the molecule is CCN(CC)C(=O)c1cccc(C(=O)NCc2ccco2)c1. The van der Waals surface area contributed by atoms with Gasteiger partial charge in [-0.25, -0.2) is 0 Å². The Morgan fingerprint density at radius 3 is 2.45 bits per heavy atom. The minimum absolute atomic E-state index is 0.0642. The highest BCUT2D eigenvalue weighted by Crippen LogP contribution is 2.09. The number of benzene rings is 1. The fourth-order valence-electron chi connectivity index (χ4n) is 2.17. The summed E-state index contributed by atoms with van der Waals surface area (Å²) >= 11 is 0. The molecule has 0 aliphatic rings. The van der Waals surface area contributed by atoms with E-state index in [1.54, 1.807) is 47.6 Å². The van der Waals surface area contributed by atoms with E-state index in [4.69, 9.17) is 4.42 Å². The predicted molar refractivity (Wildman–Crippen MR) is 83.6 cm³/mol. The van der Waals surface area contributed by atoms with Crippen molar-refractivity contribution in [1.82, 2.24) is 10.2 Å². The number of rotatable bonds is 6. The van der Waals surface area contributed by atoms with Gasteiger partial charge in [0, 0.05) is 24.2 Å². The molecule has 0 fully saturated rings. The molecule has 116 valence electrons. The van der Waals surface area contributed by atoms with Crippen LogP contribution in [0.2, 0.25) is 0 Å². The van der Waals surface area contributed by atoms with Crippen molar-refractivity contribution in [2.24, 2.45) is 0 Å². The third kappa shape index (κ3) is 3.75. The second kappa shape index (κ2) is 7.45. The maximum atomic E-state index is 12.3. The highest BCUT2D eigenvalue weighted by atomic mass is 16.3. The van der Waals surface area contributed by atoms with Crippen molar-refractivity contribution in [2.75, 3.05) is 13.1 Å². The smallest absolute Gasteiger partial charge is 0.253 e. The van der Waals surface area contributed by atoms with Gasteiger partial charge in [0.15, 0.2) is 0 Å². The number of hydrogen-bond donors (Lipinski definition) is 1. The van der Waals surface area contributed by atoms with Gasteiger partial charge in [0.05, 0.1) is 12.8 Å². The van der Waals surface area contributed by atoms with Gasteiger partial charge in [-0.3, -0.25) is 9.59 Å². The third-order valence-corrected chi connectivity index (χ3v) is 3.43. The largest absolute Gasteiger partial charge is 0.467 e. The Bertz CT molecular complexity index is 631. The molecule has 22 heavy (non-hydrogen) atoms. The van der Waals surface area contributed by atoms with E-state index in [-0.39, 0.29) is 11.8 Å². The zero-order chi connectivity index (χ0) is 15.9.